The average Bonchev–Trinajstić information content (AvgIpc) is 1.21. The van der Waals surface area contributed by atoms with E-state index in [1.807, 2.05) is 6.66 Å². The van der Waals surface area contributed by atoms with Crippen LogP contribution in [-0.2, 0) is 0 Å². The summed E-state index contributed by atoms with van der Waals surface area (Å²) in [5, 5.41) is 0. The van der Waals surface area contributed by atoms with Crippen LogP contribution in [0.4, 0.5) is 0 Å². The maximum Gasteiger partial charge on any atom is 0.0180 e. The summed E-state index contributed by atoms with van der Waals surface area (Å²) in [6.45, 7) is 1.89. The van der Waals surface area contributed by atoms with E-state index in [2.05, 4.69) is 12.6 Å². The Balaban J connectivity index is 3.74. The van der Waals surface area contributed by atoms with Gasteiger partial charge in [-0.2, -0.15) is 0 Å². The minimum atomic E-state index is -1.49. The second-order valence-electron chi connectivity index (χ2n) is 2.20. The molecule has 0 spiro atoms. The molecule has 2 nitrogen and oxygen atoms in total. The van der Waals surface area contributed by atoms with Gasteiger partial charge in [0.25, 0.3) is 0 Å². The fourth-order valence-corrected chi connectivity index (χ4v) is 3.75. The minimum absolute atomic E-state index is 0.650. The van der Waals surface area contributed by atoms with Crippen LogP contribution in [0.1, 0.15) is 0 Å². The summed E-state index contributed by atoms with van der Waals surface area (Å²) in [4.78, 5) is 8.79. The molecule has 2 unspecified atom stereocenters. The van der Waals surface area contributed by atoms with Gasteiger partial charge in [0.15, 0.2) is 0 Å². The second kappa shape index (κ2) is 2.89. The first-order valence-corrected chi connectivity index (χ1v) is 6.81. The van der Waals surface area contributed by atoms with Gasteiger partial charge < -0.3 is 10.4 Å². The lowest BCUT2D eigenvalue weighted by molar-refractivity contribution is 0.647. The van der Waals surface area contributed by atoms with Crippen molar-refractivity contribution in [2.75, 3.05) is 12.6 Å². The molecule has 0 aromatic rings. The predicted molar refractivity (Wildman–Crippen MR) is 46.7 cm³/mol. The summed E-state index contributed by atoms with van der Waals surface area (Å²) < 4.78 is 0. The van der Waals surface area contributed by atoms with Crippen molar-refractivity contribution in [3.05, 3.63) is 0 Å². The molecule has 0 aromatic heterocycles. The maximum atomic E-state index is 8.79. The summed E-state index contributed by atoms with van der Waals surface area (Å²) in [5.41, 5.74) is 5.56. The van der Waals surface area contributed by atoms with Gasteiger partial charge in [0, 0.05) is 5.90 Å². The molecule has 4 heteroatoms. The largest absolute Gasteiger partial charge is 0.379 e. The van der Waals surface area contributed by atoms with Crippen molar-refractivity contribution in [1.82, 2.24) is 0 Å². The summed E-state index contributed by atoms with van der Waals surface area (Å²) in [6.07, 6.45) is 7.21. The average molecular weight is 153 g/mol. The molecule has 0 amide bonds. The van der Waals surface area contributed by atoms with Crippen LogP contribution in [0.5, 0.6) is 0 Å². The van der Waals surface area contributed by atoms with E-state index >= 15 is 0 Å². The predicted octanol–water partition coefficient (Wildman–Crippen LogP) is 0.451. The quantitative estimate of drug-likeness (QED) is 0.566. The standard InChI is InChI=1S/C4H13NOP2/c1-7(6)4-8(2,3)5/h6-7H,1-2,4-5H2,3H3. The molecule has 0 saturated heterocycles. The lowest BCUT2D eigenvalue weighted by Gasteiger charge is -2.10. The van der Waals surface area contributed by atoms with Crippen LogP contribution in [-0.4, -0.2) is 30.1 Å². The first-order chi connectivity index (χ1) is 3.42. The van der Waals surface area contributed by atoms with Gasteiger partial charge in [-0.15, -0.1) is 0 Å². The van der Waals surface area contributed by atoms with Crippen molar-refractivity contribution in [3.63, 3.8) is 0 Å². The van der Waals surface area contributed by atoms with Crippen molar-refractivity contribution in [1.29, 1.82) is 0 Å². The zero-order valence-electron chi connectivity index (χ0n) is 5.09. The van der Waals surface area contributed by atoms with Crippen LogP contribution in [0.25, 0.3) is 0 Å². The summed E-state index contributed by atoms with van der Waals surface area (Å²) >= 11 is 0. The third-order valence-electron chi connectivity index (χ3n) is 0.544. The molecule has 3 N–H and O–H groups in total. The van der Waals surface area contributed by atoms with Gasteiger partial charge in [-0.25, -0.2) is 0 Å². The molecular formula is C4H13NOP2. The number of rotatable bonds is 2. The Morgan fingerprint density at radius 2 is 2.25 bits per heavy atom. The summed E-state index contributed by atoms with van der Waals surface area (Å²) in [6, 6.07) is 0. The van der Waals surface area contributed by atoms with Crippen LogP contribution in [0.3, 0.4) is 0 Å². The molecule has 0 bridgehead atoms. The van der Waals surface area contributed by atoms with Crippen molar-refractivity contribution in [2.45, 2.75) is 0 Å². The molecule has 0 aliphatic heterocycles. The van der Waals surface area contributed by atoms with Crippen LogP contribution in [0, 0.1) is 0 Å². The van der Waals surface area contributed by atoms with Gasteiger partial charge in [-0.05, 0) is 14.4 Å². The Morgan fingerprint density at radius 3 is 2.25 bits per heavy atom. The monoisotopic (exact) mass is 153 g/mol. The Hall–Kier alpha value is 0.520. The van der Waals surface area contributed by atoms with Crippen molar-refractivity contribution < 1.29 is 4.89 Å². The Bertz CT molecular complexity index is 137. The summed E-state index contributed by atoms with van der Waals surface area (Å²) in [5.74, 6) is 0.650. The van der Waals surface area contributed by atoms with Gasteiger partial charge in [0.1, 0.15) is 0 Å². The Kier molecular flexibility index (Phi) is 3.08. The highest BCUT2D eigenvalue weighted by molar-refractivity contribution is 7.79. The molecule has 0 heterocycles. The lowest BCUT2D eigenvalue weighted by atomic mass is 11.8. The normalized spacial score (nSPS) is 21.9. The van der Waals surface area contributed by atoms with Crippen molar-refractivity contribution in [2.24, 2.45) is 5.50 Å². The molecular weight excluding hydrogens is 140 g/mol. The van der Waals surface area contributed by atoms with E-state index in [9.17, 15) is 0 Å². The van der Waals surface area contributed by atoms with Crippen LogP contribution in [0.2, 0.25) is 0 Å². The van der Waals surface area contributed by atoms with E-state index in [0.717, 1.165) is 0 Å². The molecule has 0 aliphatic carbocycles. The molecule has 50 valence electrons. The Labute approximate surface area is 51.2 Å². The Morgan fingerprint density at radius 1 is 1.88 bits per heavy atom. The second-order valence-corrected chi connectivity index (χ2v) is 7.56. The number of hydrogen-bond donors (Lipinski definition) is 2. The van der Waals surface area contributed by atoms with Crippen molar-refractivity contribution in [3.8, 4) is 0 Å². The first-order valence-electron chi connectivity index (χ1n) is 2.27. The molecule has 0 aliphatic rings. The van der Waals surface area contributed by atoms with E-state index in [0.29, 0.717) is 5.90 Å². The van der Waals surface area contributed by atoms with Crippen LogP contribution in [0.15, 0.2) is 0 Å². The topological polar surface area (TPSA) is 46.2 Å². The smallest absolute Gasteiger partial charge is 0.0180 e. The molecule has 0 aromatic carbocycles. The molecule has 0 fully saturated rings. The SMILES string of the molecule is C=[PH](O)CP(=C)(C)N. The molecule has 0 radical (unpaired) electrons. The fraction of sp³-hybridized carbons (Fsp3) is 0.500. The third-order valence-corrected chi connectivity index (χ3v) is 4.89. The van der Waals surface area contributed by atoms with E-state index in [1.165, 1.54) is 0 Å². The zero-order chi connectivity index (χ0) is 6.78. The van der Waals surface area contributed by atoms with Gasteiger partial charge in [-0.1, -0.05) is 19.6 Å². The van der Waals surface area contributed by atoms with Crippen molar-refractivity contribution >= 4 is 27.4 Å². The maximum absolute atomic E-state index is 8.79. The highest BCUT2D eigenvalue weighted by Crippen LogP contribution is 2.38. The molecule has 2 atom stereocenters. The summed E-state index contributed by atoms with van der Waals surface area (Å²) in [7, 11) is -2.87. The van der Waals surface area contributed by atoms with Gasteiger partial charge >= 0.3 is 0 Å². The van der Waals surface area contributed by atoms with Gasteiger partial charge in [0.05, 0.1) is 0 Å². The van der Waals surface area contributed by atoms with Gasteiger partial charge in [-0.3, -0.25) is 0 Å². The molecule has 8 heavy (non-hydrogen) atoms. The zero-order valence-corrected chi connectivity index (χ0v) is 6.99. The molecule has 0 rings (SSSR count). The van der Waals surface area contributed by atoms with E-state index < -0.39 is 14.8 Å². The van der Waals surface area contributed by atoms with E-state index in [4.69, 9.17) is 10.4 Å². The van der Waals surface area contributed by atoms with Crippen LogP contribution < -0.4 is 5.50 Å². The number of nitrogens with two attached hydrogens (primary N) is 1. The van der Waals surface area contributed by atoms with Gasteiger partial charge in [0.2, 0.25) is 0 Å². The first kappa shape index (κ1) is 8.52. The fourth-order valence-electron chi connectivity index (χ4n) is 0.417. The van der Waals surface area contributed by atoms with E-state index in [1.54, 1.807) is 0 Å². The minimum Gasteiger partial charge on any atom is -0.379 e. The van der Waals surface area contributed by atoms with Crippen LogP contribution >= 0.6 is 14.8 Å². The third kappa shape index (κ3) is 6.52. The van der Waals surface area contributed by atoms with E-state index in [-0.39, 0.29) is 0 Å². The highest BCUT2D eigenvalue weighted by atomic mass is 31.2. The number of hydrogen-bond acceptors (Lipinski definition) is 2. The molecule has 0 saturated carbocycles. The lowest BCUT2D eigenvalue weighted by Crippen LogP contribution is -1.94. The highest BCUT2D eigenvalue weighted by Gasteiger charge is 1.97.